The third-order valence-corrected chi connectivity index (χ3v) is 3.93. The highest BCUT2D eigenvalue weighted by Gasteiger charge is 2.26. The van der Waals surface area contributed by atoms with Gasteiger partial charge in [0.1, 0.15) is 5.56 Å². The summed E-state index contributed by atoms with van der Waals surface area (Å²) >= 11 is 0. The molecule has 7 heteroatoms. The second-order valence-corrected chi connectivity index (χ2v) is 5.34. The molecule has 0 bridgehead atoms. The van der Waals surface area contributed by atoms with Crippen molar-refractivity contribution in [2.45, 2.75) is 19.4 Å². The molecule has 1 fully saturated rings. The molecule has 1 aliphatic rings. The molecule has 1 atom stereocenters. The van der Waals surface area contributed by atoms with Crippen molar-refractivity contribution >= 4 is 17.3 Å². The van der Waals surface area contributed by atoms with Gasteiger partial charge in [-0.15, -0.1) is 0 Å². The molecule has 0 radical (unpaired) electrons. The largest absolute Gasteiger partial charge is 0.366 e. The molecular formula is C14H20N4O3. The van der Waals surface area contributed by atoms with Crippen LogP contribution in [0, 0.1) is 10.1 Å². The summed E-state index contributed by atoms with van der Waals surface area (Å²) in [5.41, 5.74) is 5.81. The van der Waals surface area contributed by atoms with Crippen LogP contribution in [-0.4, -0.2) is 48.5 Å². The number of carbonyl (C=O) groups excluding carboxylic acids is 1. The maximum Gasteiger partial charge on any atom is 0.282 e. The lowest BCUT2D eigenvalue weighted by Crippen LogP contribution is -2.51. The zero-order chi connectivity index (χ0) is 15.6. The van der Waals surface area contributed by atoms with E-state index in [9.17, 15) is 14.9 Å². The van der Waals surface area contributed by atoms with Crippen LogP contribution in [0.2, 0.25) is 0 Å². The Labute approximate surface area is 123 Å². The summed E-state index contributed by atoms with van der Waals surface area (Å²) in [6, 6.07) is 4.92. The first-order valence-electron chi connectivity index (χ1n) is 6.97. The van der Waals surface area contributed by atoms with Gasteiger partial charge < -0.3 is 15.5 Å². The number of amides is 1. The maximum absolute atomic E-state index is 11.5. The lowest BCUT2D eigenvalue weighted by atomic mass is 10.1. The third kappa shape index (κ3) is 3.13. The predicted molar refractivity (Wildman–Crippen MR) is 80.5 cm³/mol. The first kappa shape index (κ1) is 15.2. The minimum Gasteiger partial charge on any atom is -0.366 e. The van der Waals surface area contributed by atoms with E-state index in [0.29, 0.717) is 6.04 Å². The first-order valence-corrected chi connectivity index (χ1v) is 6.97. The van der Waals surface area contributed by atoms with Crippen LogP contribution >= 0.6 is 0 Å². The lowest BCUT2D eigenvalue weighted by molar-refractivity contribution is -0.385. The number of nitro benzene ring substituents is 1. The molecule has 2 rings (SSSR count). The minimum atomic E-state index is -0.772. The number of nitro groups is 1. The second kappa shape index (κ2) is 6.09. The smallest absolute Gasteiger partial charge is 0.282 e. The van der Waals surface area contributed by atoms with E-state index in [1.807, 2.05) is 0 Å². The number of likely N-dealkylation sites (N-methyl/N-ethyl adjacent to an activating group) is 1. The van der Waals surface area contributed by atoms with Gasteiger partial charge in [-0.1, -0.05) is 6.92 Å². The van der Waals surface area contributed by atoms with Gasteiger partial charge in [-0.2, -0.15) is 0 Å². The van der Waals surface area contributed by atoms with Gasteiger partial charge in [0.15, 0.2) is 0 Å². The van der Waals surface area contributed by atoms with Gasteiger partial charge in [-0.3, -0.25) is 14.9 Å². The van der Waals surface area contributed by atoms with E-state index in [1.165, 1.54) is 12.1 Å². The van der Waals surface area contributed by atoms with Crippen LogP contribution in [0.15, 0.2) is 18.2 Å². The van der Waals surface area contributed by atoms with E-state index >= 15 is 0 Å². The lowest BCUT2D eigenvalue weighted by Gasteiger charge is -2.41. The fraction of sp³-hybridized carbons (Fsp3) is 0.500. The Balaban J connectivity index is 2.38. The summed E-state index contributed by atoms with van der Waals surface area (Å²) in [6.07, 6.45) is 0.966. The van der Waals surface area contributed by atoms with Crippen LogP contribution in [0.4, 0.5) is 11.4 Å². The third-order valence-electron chi connectivity index (χ3n) is 3.93. The van der Waals surface area contributed by atoms with Gasteiger partial charge >= 0.3 is 0 Å². The summed E-state index contributed by atoms with van der Waals surface area (Å²) in [6.45, 7) is 4.78. The Kier molecular flexibility index (Phi) is 4.42. The zero-order valence-electron chi connectivity index (χ0n) is 12.3. The Morgan fingerprint density at radius 3 is 2.76 bits per heavy atom. The van der Waals surface area contributed by atoms with Gasteiger partial charge in [-0.25, -0.2) is 0 Å². The number of anilines is 1. The summed E-state index contributed by atoms with van der Waals surface area (Å²) < 4.78 is 0. The van der Waals surface area contributed by atoms with Gasteiger partial charge in [0, 0.05) is 37.4 Å². The Morgan fingerprint density at radius 1 is 1.48 bits per heavy atom. The molecular weight excluding hydrogens is 272 g/mol. The number of rotatable bonds is 4. The molecule has 1 unspecified atom stereocenters. The summed E-state index contributed by atoms with van der Waals surface area (Å²) in [7, 11) is 2.07. The van der Waals surface area contributed by atoms with Gasteiger partial charge in [0.2, 0.25) is 0 Å². The van der Waals surface area contributed by atoms with Crippen LogP contribution in [0.5, 0.6) is 0 Å². The topological polar surface area (TPSA) is 92.7 Å². The summed E-state index contributed by atoms with van der Waals surface area (Å²) in [4.78, 5) is 26.3. The molecule has 0 saturated carbocycles. The van der Waals surface area contributed by atoms with Crippen LogP contribution in [-0.2, 0) is 0 Å². The molecule has 0 spiro atoms. The number of hydrogen-bond acceptors (Lipinski definition) is 5. The van der Waals surface area contributed by atoms with Crippen molar-refractivity contribution in [3.05, 3.63) is 33.9 Å². The van der Waals surface area contributed by atoms with Crippen molar-refractivity contribution < 1.29 is 9.72 Å². The predicted octanol–water partition coefficient (Wildman–Crippen LogP) is 1.22. The molecule has 7 nitrogen and oxygen atoms in total. The SMILES string of the molecule is CCC1CN(C)CCN1c1ccc([N+](=O)[O-])c(C(N)=O)c1. The monoisotopic (exact) mass is 292 g/mol. The summed E-state index contributed by atoms with van der Waals surface area (Å²) in [5.74, 6) is -0.772. The standard InChI is InChI=1S/C14H20N4O3/c1-3-10-9-16(2)6-7-17(10)11-4-5-13(18(20)21)12(8-11)14(15)19/h4-5,8,10H,3,6-7,9H2,1-2H3,(H2,15,19). The molecule has 1 aromatic carbocycles. The fourth-order valence-corrected chi connectivity index (χ4v) is 2.76. The number of benzene rings is 1. The van der Waals surface area contributed by atoms with Crippen LogP contribution in [0.25, 0.3) is 0 Å². The van der Waals surface area contributed by atoms with Crippen molar-refractivity contribution in [2.75, 3.05) is 31.6 Å². The normalized spacial score (nSPS) is 19.5. The van der Waals surface area contributed by atoms with Crippen LogP contribution < -0.4 is 10.6 Å². The van der Waals surface area contributed by atoms with E-state index in [1.54, 1.807) is 6.07 Å². The molecule has 0 aromatic heterocycles. The molecule has 114 valence electrons. The highest BCUT2D eigenvalue weighted by Crippen LogP contribution is 2.28. The molecule has 1 amide bonds. The highest BCUT2D eigenvalue weighted by atomic mass is 16.6. The molecule has 21 heavy (non-hydrogen) atoms. The van der Waals surface area contributed by atoms with Crippen LogP contribution in [0.1, 0.15) is 23.7 Å². The number of carbonyl (C=O) groups is 1. The van der Waals surface area contributed by atoms with Gasteiger partial charge in [0.05, 0.1) is 4.92 Å². The fourth-order valence-electron chi connectivity index (χ4n) is 2.76. The second-order valence-electron chi connectivity index (χ2n) is 5.34. The van der Waals surface area contributed by atoms with E-state index in [2.05, 4.69) is 23.8 Å². The Morgan fingerprint density at radius 2 is 2.19 bits per heavy atom. The number of primary amides is 1. The molecule has 1 saturated heterocycles. The number of piperazine rings is 1. The van der Waals surface area contributed by atoms with Crippen molar-refractivity contribution in [1.82, 2.24) is 4.90 Å². The average molecular weight is 292 g/mol. The van der Waals surface area contributed by atoms with Crippen molar-refractivity contribution in [1.29, 1.82) is 0 Å². The van der Waals surface area contributed by atoms with Gasteiger partial charge in [-0.05, 0) is 25.6 Å². The van der Waals surface area contributed by atoms with Crippen molar-refractivity contribution in [2.24, 2.45) is 5.73 Å². The first-order chi connectivity index (χ1) is 9.93. The molecule has 1 aromatic rings. The Hall–Kier alpha value is -2.15. The molecule has 0 aliphatic carbocycles. The highest BCUT2D eigenvalue weighted by molar-refractivity contribution is 5.98. The van der Waals surface area contributed by atoms with E-state index < -0.39 is 10.8 Å². The molecule has 1 heterocycles. The molecule has 2 N–H and O–H groups in total. The number of hydrogen-bond donors (Lipinski definition) is 1. The number of nitrogens with zero attached hydrogens (tertiary/aromatic N) is 3. The summed E-state index contributed by atoms with van der Waals surface area (Å²) in [5, 5.41) is 11.0. The van der Waals surface area contributed by atoms with Gasteiger partial charge in [0.25, 0.3) is 11.6 Å². The minimum absolute atomic E-state index is 0.0359. The van der Waals surface area contributed by atoms with E-state index in [-0.39, 0.29) is 11.3 Å². The van der Waals surface area contributed by atoms with E-state index in [4.69, 9.17) is 5.73 Å². The van der Waals surface area contributed by atoms with Crippen molar-refractivity contribution in [3.63, 3.8) is 0 Å². The van der Waals surface area contributed by atoms with E-state index in [0.717, 1.165) is 31.7 Å². The van der Waals surface area contributed by atoms with Crippen molar-refractivity contribution in [3.8, 4) is 0 Å². The zero-order valence-corrected chi connectivity index (χ0v) is 12.3. The number of nitrogens with two attached hydrogens (primary N) is 1. The maximum atomic E-state index is 11.5. The molecule has 1 aliphatic heterocycles. The average Bonchev–Trinajstić information content (AvgIpc) is 2.46. The quantitative estimate of drug-likeness (QED) is 0.665. The van der Waals surface area contributed by atoms with Crippen LogP contribution in [0.3, 0.4) is 0 Å². The Bertz CT molecular complexity index is 561.